The highest BCUT2D eigenvalue weighted by Crippen LogP contribution is 2.38. The Bertz CT molecular complexity index is 1140. The van der Waals surface area contributed by atoms with Crippen LogP contribution in [0.3, 0.4) is 0 Å². The van der Waals surface area contributed by atoms with Gasteiger partial charge in [-0.2, -0.15) is 0 Å². The summed E-state index contributed by atoms with van der Waals surface area (Å²) in [6, 6.07) is 11.6. The largest absolute Gasteiger partial charge is 0.493 e. The van der Waals surface area contributed by atoms with E-state index in [1.165, 1.54) is 38.4 Å². The van der Waals surface area contributed by atoms with Gasteiger partial charge in [-0.1, -0.05) is 29.3 Å². The van der Waals surface area contributed by atoms with Crippen molar-refractivity contribution in [1.29, 1.82) is 0 Å². The van der Waals surface area contributed by atoms with Crippen LogP contribution in [0.25, 0.3) is 0 Å². The van der Waals surface area contributed by atoms with Gasteiger partial charge in [-0.3, -0.25) is 4.79 Å². The summed E-state index contributed by atoms with van der Waals surface area (Å²) in [5, 5.41) is 0.294. The normalized spacial score (nSPS) is 10.6. The first-order chi connectivity index (χ1) is 15.8. The molecule has 6 nitrogen and oxygen atoms in total. The van der Waals surface area contributed by atoms with E-state index >= 15 is 0 Å². The molecule has 0 N–H and O–H groups in total. The van der Waals surface area contributed by atoms with Crippen LogP contribution in [0.15, 0.2) is 42.5 Å². The standard InChI is InChI=1S/C25H26ClFN2O4/c1-15-6-9-20(27)19(10-15)25(30)29(14-18-8-7-16(2)28-24(18)26)13-17-11-21(31-3)23(33-5)22(12-17)32-4/h6-12H,13-14H2,1-5H3. The lowest BCUT2D eigenvalue weighted by atomic mass is 10.1. The van der Waals surface area contributed by atoms with Gasteiger partial charge in [0.15, 0.2) is 11.5 Å². The van der Waals surface area contributed by atoms with Gasteiger partial charge in [0.1, 0.15) is 11.0 Å². The molecule has 0 aliphatic carbocycles. The van der Waals surface area contributed by atoms with E-state index in [2.05, 4.69) is 4.98 Å². The first kappa shape index (κ1) is 24.3. The number of hydrogen-bond donors (Lipinski definition) is 0. The summed E-state index contributed by atoms with van der Waals surface area (Å²) in [6.45, 7) is 3.92. The second-order valence-corrected chi connectivity index (χ2v) is 7.94. The lowest BCUT2D eigenvalue weighted by Gasteiger charge is -2.25. The molecular formula is C25H26ClFN2O4. The van der Waals surface area contributed by atoms with Crippen LogP contribution in [0.2, 0.25) is 5.15 Å². The van der Waals surface area contributed by atoms with Gasteiger partial charge in [0.25, 0.3) is 5.91 Å². The first-order valence-electron chi connectivity index (χ1n) is 10.2. The molecule has 0 fully saturated rings. The molecule has 0 bridgehead atoms. The fourth-order valence-electron chi connectivity index (χ4n) is 3.50. The molecule has 3 rings (SSSR count). The van der Waals surface area contributed by atoms with E-state index in [9.17, 15) is 9.18 Å². The Morgan fingerprint density at radius 3 is 2.21 bits per heavy atom. The van der Waals surface area contributed by atoms with Crippen LogP contribution >= 0.6 is 11.6 Å². The third-order valence-corrected chi connectivity index (χ3v) is 5.49. The smallest absolute Gasteiger partial charge is 0.257 e. The molecule has 8 heteroatoms. The van der Waals surface area contributed by atoms with Gasteiger partial charge < -0.3 is 19.1 Å². The summed E-state index contributed by atoms with van der Waals surface area (Å²) in [4.78, 5) is 19.3. The number of benzene rings is 2. The summed E-state index contributed by atoms with van der Waals surface area (Å²) in [5.41, 5.74) is 2.88. The molecule has 3 aromatic rings. The molecule has 33 heavy (non-hydrogen) atoms. The number of pyridine rings is 1. The Morgan fingerprint density at radius 1 is 0.970 bits per heavy atom. The van der Waals surface area contributed by atoms with Crippen LogP contribution < -0.4 is 14.2 Å². The maximum absolute atomic E-state index is 14.6. The maximum atomic E-state index is 14.6. The van der Waals surface area contributed by atoms with Crippen LogP contribution in [0, 0.1) is 19.7 Å². The van der Waals surface area contributed by atoms with E-state index in [0.717, 1.165) is 11.3 Å². The summed E-state index contributed by atoms with van der Waals surface area (Å²) < 4.78 is 30.8. The topological polar surface area (TPSA) is 60.9 Å². The monoisotopic (exact) mass is 472 g/mol. The molecule has 0 radical (unpaired) electrons. The van der Waals surface area contributed by atoms with Gasteiger partial charge >= 0.3 is 0 Å². The van der Waals surface area contributed by atoms with Crippen molar-refractivity contribution >= 4 is 17.5 Å². The average molecular weight is 473 g/mol. The van der Waals surface area contributed by atoms with Crippen LogP contribution in [0.4, 0.5) is 4.39 Å². The fourth-order valence-corrected chi connectivity index (χ4v) is 3.75. The van der Waals surface area contributed by atoms with E-state index in [0.29, 0.717) is 33.5 Å². The number of nitrogens with zero attached hydrogens (tertiary/aromatic N) is 2. The minimum atomic E-state index is -0.589. The van der Waals surface area contributed by atoms with E-state index in [1.54, 1.807) is 25.1 Å². The molecule has 0 spiro atoms. The number of amides is 1. The highest BCUT2D eigenvalue weighted by molar-refractivity contribution is 6.30. The van der Waals surface area contributed by atoms with Crippen LogP contribution in [-0.4, -0.2) is 37.1 Å². The summed E-state index contributed by atoms with van der Waals surface area (Å²) >= 11 is 6.34. The Hall–Kier alpha value is -3.32. The van der Waals surface area contributed by atoms with Crippen molar-refractivity contribution < 1.29 is 23.4 Å². The predicted molar refractivity (Wildman–Crippen MR) is 125 cm³/mol. The highest BCUT2D eigenvalue weighted by Gasteiger charge is 2.23. The van der Waals surface area contributed by atoms with Gasteiger partial charge in [0.05, 0.1) is 26.9 Å². The predicted octanol–water partition coefficient (Wildman–Crippen LogP) is 5.36. The van der Waals surface area contributed by atoms with Gasteiger partial charge in [-0.15, -0.1) is 0 Å². The van der Waals surface area contributed by atoms with Gasteiger partial charge in [-0.25, -0.2) is 9.37 Å². The number of ether oxygens (including phenoxy) is 3. The molecule has 0 aliphatic rings. The third-order valence-electron chi connectivity index (χ3n) is 5.16. The first-order valence-corrected chi connectivity index (χ1v) is 10.6. The molecule has 0 saturated heterocycles. The molecule has 1 aromatic heterocycles. The molecule has 0 aliphatic heterocycles. The summed E-state index contributed by atoms with van der Waals surface area (Å²) in [5.74, 6) is 0.291. The van der Waals surface area contributed by atoms with Crippen LogP contribution in [0.5, 0.6) is 17.2 Å². The summed E-state index contributed by atoms with van der Waals surface area (Å²) in [7, 11) is 4.55. The van der Waals surface area contributed by atoms with Crippen molar-refractivity contribution in [2.24, 2.45) is 0 Å². The molecule has 2 aromatic carbocycles. The highest BCUT2D eigenvalue weighted by atomic mass is 35.5. The Morgan fingerprint density at radius 2 is 1.64 bits per heavy atom. The number of halogens is 2. The Labute approximate surface area is 197 Å². The zero-order valence-electron chi connectivity index (χ0n) is 19.2. The average Bonchev–Trinajstić information content (AvgIpc) is 2.80. The van der Waals surface area contributed by atoms with Crippen LogP contribution in [0.1, 0.15) is 32.7 Å². The second kappa shape index (κ2) is 10.5. The second-order valence-electron chi connectivity index (χ2n) is 7.58. The molecule has 0 saturated carbocycles. The van der Waals surface area contributed by atoms with E-state index < -0.39 is 11.7 Å². The van der Waals surface area contributed by atoms with Gasteiger partial charge in [0.2, 0.25) is 5.75 Å². The van der Waals surface area contributed by atoms with E-state index in [1.807, 2.05) is 19.1 Å². The summed E-state index contributed by atoms with van der Waals surface area (Å²) in [6.07, 6.45) is 0. The zero-order chi connectivity index (χ0) is 24.1. The van der Waals surface area contributed by atoms with Crippen molar-refractivity contribution in [3.8, 4) is 17.2 Å². The van der Waals surface area contributed by atoms with E-state index in [-0.39, 0.29) is 18.7 Å². The minimum Gasteiger partial charge on any atom is -0.493 e. The van der Waals surface area contributed by atoms with Crippen molar-refractivity contribution in [2.45, 2.75) is 26.9 Å². The third kappa shape index (κ3) is 5.54. The maximum Gasteiger partial charge on any atom is 0.257 e. The van der Waals surface area contributed by atoms with E-state index in [4.69, 9.17) is 25.8 Å². The Kier molecular flexibility index (Phi) is 7.76. The van der Waals surface area contributed by atoms with Crippen molar-refractivity contribution in [3.05, 3.63) is 81.4 Å². The van der Waals surface area contributed by atoms with Crippen molar-refractivity contribution in [3.63, 3.8) is 0 Å². The lowest BCUT2D eigenvalue weighted by Crippen LogP contribution is -2.31. The lowest BCUT2D eigenvalue weighted by molar-refractivity contribution is 0.0724. The van der Waals surface area contributed by atoms with Crippen LogP contribution in [-0.2, 0) is 13.1 Å². The van der Waals surface area contributed by atoms with Crippen molar-refractivity contribution in [2.75, 3.05) is 21.3 Å². The SMILES string of the molecule is COc1cc(CN(Cc2ccc(C)nc2Cl)C(=O)c2cc(C)ccc2F)cc(OC)c1OC. The minimum absolute atomic E-state index is 0.0152. The molecule has 174 valence electrons. The molecule has 1 amide bonds. The van der Waals surface area contributed by atoms with Gasteiger partial charge in [-0.05, 0) is 49.7 Å². The number of carbonyl (C=O) groups is 1. The number of hydrogen-bond acceptors (Lipinski definition) is 5. The van der Waals surface area contributed by atoms with Crippen molar-refractivity contribution in [1.82, 2.24) is 9.88 Å². The number of methoxy groups -OCH3 is 3. The molecular weight excluding hydrogens is 447 g/mol. The molecule has 1 heterocycles. The molecule has 0 unspecified atom stereocenters. The number of rotatable bonds is 8. The van der Waals surface area contributed by atoms with Gasteiger partial charge in [0, 0.05) is 24.3 Å². The quantitative estimate of drug-likeness (QED) is 0.413. The zero-order valence-corrected chi connectivity index (χ0v) is 20.0. The number of carbonyl (C=O) groups excluding carboxylic acids is 1. The fraction of sp³-hybridized carbons (Fsp3) is 0.280. The number of aryl methyl sites for hydroxylation is 2. The molecule has 0 atom stereocenters. The Balaban J connectivity index is 2.05. The number of aromatic nitrogens is 1.